The van der Waals surface area contributed by atoms with Crippen molar-refractivity contribution in [2.24, 2.45) is 5.73 Å². The molecule has 0 aliphatic heterocycles. The standard InChI is InChI=1S/C17H27N3O3/c1-2-3-4-8-11-19-16(21)15(18)12-20-17(22)23-13-14-9-6-5-7-10-14/h5-7,9-10,15H,2-4,8,11-13,18H2,1H3,(H,19,21)(H,20,22). The average Bonchev–Trinajstić information content (AvgIpc) is 2.58. The third kappa shape index (κ3) is 8.83. The number of nitrogens with one attached hydrogen (secondary N) is 2. The zero-order chi connectivity index (χ0) is 16.9. The lowest BCUT2D eigenvalue weighted by molar-refractivity contribution is -0.122. The molecule has 0 aromatic heterocycles. The van der Waals surface area contributed by atoms with Crippen LogP contribution in [0.25, 0.3) is 0 Å². The Labute approximate surface area is 137 Å². The third-order valence-corrected chi connectivity index (χ3v) is 3.35. The van der Waals surface area contributed by atoms with Crippen molar-refractivity contribution in [3.63, 3.8) is 0 Å². The molecule has 1 aromatic carbocycles. The monoisotopic (exact) mass is 321 g/mol. The third-order valence-electron chi connectivity index (χ3n) is 3.35. The van der Waals surface area contributed by atoms with Gasteiger partial charge in [0.25, 0.3) is 0 Å². The Morgan fingerprint density at radius 3 is 2.57 bits per heavy atom. The van der Waals surface area contributed by atoms with Crippen LogP contribution in [-0.4, -0.2) is 31.1 Å². The van der Waals surface area contributed by atoms with E-state index in [1.54, 1.807) is 0 Å². The zero-order valence-corrected chi connectivity index (χ0v) is 13.7. The van der Waals surface area contributed by atoms with Gasteiger partial charge in [-0.15, -0.1) is 0 Å². The molecule has 4 N–H and O–H groups in total. The lowest BCUT2D eigenvalue weighted by atomic mass is 10.2. The summed E-state index contributed by atoms with van der Waals surface area (Å²) in [6, 6.07) is 8.60. The molecule has 1 unspecified atom stereocenters. The van der Waals surface area contributed by atoms with Crippen molar-refractivity contribution in [2.45, 2.75) is 45.3 Å². The van der Waals surface area contributed by atoms with Gasteiger partial charge in [-0.2, -0.15) is 0 Å². The summed E-state index contributed by atoms with van der Waals surface area (Å²) in [6.45, 7) is 2.99. The van der Waals surface area contributed by atoms with E-state index in [-0.39, 0.29) is 19.1 Å². The lowest BCUT2D eigenvalue weighted by Gasteiger charge is -2.13. The van der Waals surface area contributed by atoms with Gasteiger partial charge in [0.2, 0.25) is 5.91 Å². The highest BCUT2D eigenvalue weighted by Gasteiger charge is 2.14. The van der Waals surface area contributed by atoms with E-state index in [1.165, 1.54) is 0 Å². The van der Waals surface area contributed by atoms with Gasteiger partial charge in [0.05, 0.1) is 0 Å². The number of nitrogens with two attached hydrogens (primary N) is 1. The van der Waals surface area contributed by atoms with Crippen molar-refractivity contribution in [1.29, 1.82) is 0 Å². The molecule has 1 aromatic rings. The Hall–Kier alpha value is -2.08. The van der Waals surface area contributed by atoms with Gasteiger partial charge in [-0.3, -0.25) is 4.79 Å². The van der Waals surface area contributed by atoms with Gasteiger partial charge in [0.15, 0.2) is 0 Å². The van der Waals surface area contributed by atoms with Crippen LogP contribution in [0.3, 0.4) is 0 Å². The molecule has 6 nitrogen and oxygen atoms in total. The van der Waals surface area contributed by atoms with Crippen LogP contribution >= 0.6 is 0 Å². The first-order valence-electron chi connectivity index (χ1n) is 8.11. The molecular weight excluding hydrogens is 294 g/mol. The minimum Gasteiger partial charge on any atom is -0.445 e. The predicted octanol–water partition coefficient (Wildman–Crippen LogP) is 1.94. The Morgan fingerprint density at radius 2 is 1.87 bits per heavy atom. The number of unbranched alkanes of at least 4 members (excludes halogenated alkanes) is 3. The molecule has 0 saturated carbocycles. The van der Waals surface area contributed by atoms with Crippen molar-refractivity contribution in [3.05, 3.63) is 35.9 Å². The Bertz CT molecular complexity index is 465. The molecule has 1 atom stereocenters. The molecule has 2 amide bonds. The summed E-state index contributed by atoms with van der Waals surface area (Å²) in [4.78, 5) is 23.3. The second-order valence-electron chi connectivity index (χ2n) is 5.40. The summed E-state index contributed by atoms with van der Waals surface area (Å²) in [5, 5.41) is 5.26. The minimum absolute atomic E-state index is 0.0500. The molecule has 1 rings (SSSR count). The van der Waals surface area contributed by atoms with E-state index in [1.807, 2.05) is 30.3 Å². The second kappa shape index (κ2) is 11.5. The maximum atomic E-state index is 11.7. The zero-order valence-electron chi connectivity index (χ0n) is 13.7. The van der Waals surface area contributed by atoms with Crippen molar-refractivity contribution in [3.8, 4) is 0 Å². The van der Waals surface area contributed by atoms with E-state index in [2.05, 4.69) is 17.6 Å². The average molecular weight is 321 g/mol. The highest BCUT2D eigenvalue weighted by Crippen LogP contribution is 2.00. The van der Waals surface area contributed by atoms with Crippen molar-refractivity contribution < 1.29 is 14.3 Å². The van der Waals surface area contributed by atoms with E-state index in [0.29, 0.717) is 6.54 Å². The normalized spacial score (nSPS) is 11.6. The molecule has 0 fully saturated rings. The number of alkyl carbamates (subject to hydrolysis) is 1. The number of amides is 2. The van der Waals surface area contributed by atoms with E-state index < -0.39 is 12.1 Å². The SMILES string of the molecule is CCCCCCNC(=O)C(N)CNC(=O)OCc1ccccc1. The number of rotatable bonds is 10. The molecule has 128 valence electrons. The van der Waals surface area contributed by atoms with Gasteiger partial charge in [-0.25, -0.2) is 4.79 Å². The highest BCUT2D eigenvalue weighted by atomic mass is 16.5. The highest BCUT2D eigenvalue weighted by molar-refractivity contribution is 5.82. The van der Waals surface area contributed by atoms with Crippen LogP contribution in [0.1, 0.15) is 38.2 Å². The predicted molar refractivity (Wildman–Crippen MR) is 89.8 cm³/mol. The number of benzene rings is 1. The maximum Gasteiger partial charge on any atom is 0.407 e. The minimum atomic E-state index is -0.773. The number of carbonyl (C=O) groups is 2. The van der Waals surface area contributed by atoms with Crippen LogP contribution < -0.4 is 16.4 Å². The first-order valence-corrected chi connectivity index (χ1v) is 8.11. The molecule has 0 aliphatic carbocycles. The van der Waals surface area contributed by atoms with Gasteiger partial charge < -0.3 is 21.1 Å². The number of hydrogen-bond donors (Lipinski definition) is 3. The molecule has 23 heavy (non-hydrogen) atoms. The second-order valence-corrected chi connectivity index (χ2v) is 5.40. The number of ether oxygens (including phenoxy) is 1. The Balaban J connectivity index is 2.12. The molecule has 0 bridgehead atoms. The van der Waals surface area contributed by atoms with Crippen molar-refractivity contribution in [2.75, 3.05) is 13.1 Å². The van der Waals surface area contributed by atoms with Crippen LogP contribution in [0.15, 0.2) is 30.3 Å². The molecule has 0 radical (unpaired) electrons. The van der Waals surface area contributed by atoms with E-state index in [9.17, 15) is 9.59 Å². The van der Waals surface area contributed by atoms with Gasteiger partial charge in [-0.05, 0) is 12.0 Å². The Kier molecular flexibility index (Phi) is 9.47. The van der Waals surface area contributed by atoms with Gasteiger partial charge in [0, 0.05) is 13.1 Å². The first kappa shape index (κ1) is 19.0. The summed E-state index contributed by atoms with van der Waals surface area (Å²) in [5.41, 5.74) is 6.63. The van der Waals surface area contributed by atoms with Crippen LogP contribution in [-0.2, 0) is 16.1 Å². The van der Waals surface area contributed by atoms with E-state index in [4.69, 9.17) is 10.5 Å². The van der Waals surface area contributed by atoms with Gasteiger partial charge in [-0.1, -0.05) is 56.5 Å². The molecular formula is C17H27N3O3. The number of hydrogen-bond acceptors (Lipinski definition) is 4. The molecule has 0 spiro atoms. The summed E-state index contributed by atoms with van der Waals surface area (Å²) < 4.78 is 5.05. The fourth-order valence-electron chi connectivity index (χ4n) is 1.95. The largest absolute Gasteiger partial charge is 0.445 e. The summed E-state index contributed by atoms with van der Waals surface area (Å²) in [5.74, 6) is -0.259. The fraction of sp³-hybridized carbons (Fsp3) is 0.529. The molecule has 0 heterocycles. The summed E-state index contributed by atoms with van der Waals surface area (Å²) >= 11 is 0. The van der Waals surface area contributed by atoms with Gasteiger partial charge in [0.1, 0.15) is 12.6 Å². The van der Waals surface area contributed by atoms with Crippen molar-refractivity contribution >= 4 is 12.0 Å². The molecule has 6 heteroatoms. The van der Waals surface area contributed by atoms with Crippen LogP contribution in [0.5, 0.6) is 0 Å². The van der Waals surface area contributed by atoms with Gasteiger partial charge >= 0.3 is 6.09 Å². The van der Waals surface area contributed by atoms with E-state index in [0.717, 1.165) is 31.2 Å². The summed E-state index contributed by atoms with van der Waals surface area (Å²) in [6.07, 6.45) is 3.77. The van der Waals surface area contributed by atoms with Crippen LogP contribution in [0.4, 0.5) is 4.79 Å². The van der Waals surface area contributed by atoms with E-state index >= 15 is 0 Å². The molecule has 0 aliphatic rings. The van der Waals surface area contributed by atoms with Crippen LogP contribution in [0.2, 0.25) is 0 Å². The number of carbonyl (C=O) groups excluding carboxylic acids is 2. The first-order chi connectivity index (χ1) is 11.1. The maximum absolute atomic E-state index is 11.7. The lowest BCUT2D eigenvalue weighted by Crippen LogP contribution is -2.48. The quantitative estimate of drug-likeness (QED) is 0.574. The topological polar surface area (TPSA) is 93.5 Å². The smallest absolute Gasteiger partial charge is 0.407 e. The van der Waals surface area contributed by atoms with Crippen LogP contribution in [0, 0.1) is 0 Å². The fourth-order valence-corrected chi connectivity index (χ4v) is 1.95. The molecule has 0 saturated heterocycles. The summed E-state index contributed by atoms with van der Waals surface area (Å²) in [7, 11) is 0. The Morgan fingerprint density at radius 1 is 1.13 bits per heavy atom. The van der Waals surface area contributed by atoms with Crippen molar-refractivity contribution in [1.82, 2.24) is 10.6 Å².